The van der Waals surface area contributed by atoms with Gasteiger partial charge in [0.15, 0.2) is 0 Å². The summed E-state index contributed by atoms with van der Waals surface area (Å²) in [5, 5.41) is 3.67. The lowest BCUT2D eigenvalue weighted by molar-refractivity contribution is 0.316. The molecule has 1 aromatic carbocycles. The number of hydrogen-bond donors (Lipinski definition) is 2. The van der Waals surface area contributed by atoms with Crippen LogP contribution in [-0.2, 0) is 0 Å². The van der Waals surface area contributed by atoms with Crippen molar-refractivity contribution in [2.45, 2.75) is 44.7 Å². The van der Waals surface area contributed by atoms with Crippen LogP contribution in [0.3, 0.4) is 0 Å². The van der Waals surface area contributed by atoms with Crippen molar-refractivity contribution < 1.29 is 4.74 Å². The number of nitrogens with zero attached hydrogens (tertiary/aromatic N) is 1. The van der Waals surface area contributed by atoms with Crippen LogP contribution in [0.2, 0.25) is 0 Å². The van der Waals surface area contributed by atoms with E-state index in [9.17, 15) is 0 Å². The fraction of sp³-hybridized carbons (Fsp3) is 0.625. The summed E-state index contributed by atoms with van der Waals surface area (Å²) in [6.07, 6.45) is 4.89. The second-order valence-corrected chi connectivity index (χ2v) is 5.92. The molecule has 0 saturated carbocycles. The third kappa shape index (κ3) is 2.85. The first kappa shape index (κ1) is 13.6. The molecule has 0 radical (unpaired) electrons. The van der Waals surface area contributed by atoms with Gasteiger partial charge < -0.3 is 15.8 Å². The van der Waals surface area contributed by atoms with E-state index < -0.39 is 0 Å². The highest BCUT2D eigenvalue weighted by atomic mass is 16.5. The summed E-state index contributed by atoms with van der Waals surface area (Å²) in [4.78, 5) is 2.61. The highest BCUT2D eigenvalue weighted by molar-refractivity contribution is 5.59. The number of hydrogen-bond acceptors (Lipinski definition) is 4. The highest BCUT2D eigenvalue weighted by Crippen LogP contribution is 2.31. The summed E-state index contributed by atoms with van der Waals surface area (Å²) in [5.41, 5.74) is 7.84. The van der Waals surface area contributed by atoms with Gasteiger partial charge in [-0.1, -0.05) is 6.92 Å². The van der Waals surface area contributed by atoms with Crippen molar-refractivity contribution in [3.05, 3.63) is 18.2 Å². The highest BCUT2D eigenvalue weighted by Gasteiger charge is 2.36. The molecule has 0 amide bonds. The second kappa shape index (κ2) is 5.92. The van der Waals surface area contributed by atoms with Crippen molar-refractivity contribution in [1.82, 2.24) is 4.90 Å². The van der Waals surface area contributed by atoms with Gasteiger partial charge in [-0.3, -0.25) is 4.90 Å². The number of fused-ring (bicyclic) bond motifs is 1. The lowest BCUT2D eigenvalue weighted by Gasteiger charge is -2.22. The van der Waals surface area contributed by atoms with Crippen LogP contribution in [0.4, 0.5) is 11.4 Å². The fourth-order valence-electron chi connectivity index (χ4n) is 3.47. The van der Waals surface area contributed by atoms with Gasteiger partial charge >= 0.3 is 0 Å². The summed E-state index contributed by atoms with van der Waals surface area (Å²) < 4.78 is 5.70. The lowest BCUT2D eigenvalue weighted by Crippen LogP contribution is -2.33. The third-order valence-corrected chi connectivity index (χ3v) is 4.36. The molecular weight excluding hydrogens is 250 g/mol. The van der Waals surface area contributed by atoms with E-state index in [1.165, 1.54) is 32.4 Å². The van der Waals surface area contributed by atoms with Crippen molar-refractivity contribution >= 4 is 11.4 Å². The molecule has 20 heavy (non-hydrogen) atoms. The van der Waals surface area contributed by atoms with Gasteiger partial charge in [-0.15, -0.1) is 0 Å². The number of nitrogen functional groups attached to an aromatic ring is 1. The van der Waals surface area contributed by atoms with E-state index in [1.807, 2.05) is 12.1 Å². The molecule has 3 N–H and O–H groups in total. The van der Waals surface area contributed by atoms with E-state index in [1.54, 1.807) is 0 Å². The Balaban J connectivity index is 1.68. The van der Waals surface area contributed by atoms with E-state index in [-0.39, 0.29) is 0 Å². The van der Waals surface area contributed by atoms with Gasteiger partial charge in [0.2, 0.25) is 0 Å². The summed E-state index contributed by atoms with van der Waals surface area (Å²) >= 11 is 0. The molecule has 3 rings (SSSR count). The van der Waals surface area contributed by atoms with Crippen LogP contribution < -0.4 is 15.8 Å². The molecule has 2 unspecified atom stereocenters. The maximum Gasteiger partial charge on any atom is 0.123 e. The maximum atomic E-state index is 5.98. The zero-order valence-corrected chi connectivity index (χ0v) is 12.3. The van der Waals surface area contributed by atoms with Gasteiger partial charge in [-0.05, 0) is 38.3 Å². The molecule has 2 saturated heterocycles. The maximum absolute atomic E-state index is 5.98. The number of ether oxygens (including phenoxy) is 1. The zero-order valence-electron chi connectivity index (χ0n) is 12.3. The lowest BCUT2D eigenvalue weighted by atomic mass is 10.1. The minimum absolute atomic E-state index is 0.554. The van der Waals surface area contributed by atoms with Gasteiger partial charge in [0.1, 0.15) is 5.75 Å². The van der Waals surface area contributed by atoms with Crippen LogP contribution in [0, 0.1) is 0 Å². The van der Waals surface area contributed by atoms with E-state index in [2.05, 4.69) is 23.2 Å². The predicted octanol–water partition coefficient (Wildman–Crippen LogP) is 2.71. The number of anilines is 2. The minimum Gasteiger partial charge on any atom is -0.493 e. The molecule has 4 nitrogen and oxygen atoms in total. The first-order valence-electron chi connectivity index (χ1n) is 7.80. The monoisotopic (exact) mass is 275 g/mol. The van der Waals surface area contributed by atoms with E-state index in [0.717, 1.165) is 30.2 Å². The van der Waals surface area contributed by atoms with Gasteiger partial charge in [0.05, 0.1) is 6.61 Å². The Labute approximate surface area is 121 Å². The molecule has 0 spiro atoms. The summed E-state index contributed by atoms with van der Waals surface area (Å²) in [5.74, 6) is 0.871. The van der Waals surface area contributed by atoms with Crippen LogP contribution in [0.5, 0.6) is 5.75 Å². The van der Waals surface area contributed by atoms with Crippen LogP contribution in [-0.4, -0.2) is 36.7 Å². The molecule has 0 bridgehead atoms. The fourth-order valence-corrected chi connectivity index (χ4v) is 3.47. The largest absolute Gasteiger partial charge is 0.493 e. The molecule has 2 aliphatic heterocycles. The molecule has 1 aromatic rings. The van der Waals surface area contributed by atoms with Gasteiger partial charge in [-0.25, -0.2) is 0 Å². The standard InChI is InChI=1S/C16H25N3O/c1-2-8-20-14-10-12(17)9-13(11-14)18-15-5-7-19-6-3-4-16(15)19/h9-11,15-16,18H,2-8,17H2,1H3. The van der Waals surface area contributed by atoms with Gasteiger partial charge in [0, 0.05) is 42.1 Å². The molecule has 4 heteroatoms. The Kier molecular flexibility index (Phi) is 4.01. The van der Waals surface area contributed by atoms with Gasteiger partial charge in [0.25, 0.3) is 0 Å². The minimum atomic E-state index is 0.554. The van der Waals surface area contributed by atoms with Crippen LogP contribution in [0.25, 0.3) is 0 Å². The first-order valence-corrected chi connectivity index (χ1v) is 7.80. The molecule has 2 heterocycles. The molecule has 0 aromatic heterocycles. The smallest absolute Gasteiger partial charge is 0.123 e. The second-order valence-electron chi connectivity index (χ2n) is 5.92. The van der Waals surface area contributed by atoms with Crippen molar-refractivity contribution in [3.8, 4) is 5.75 Å². The number of nitrogens with two attached hydrogens (primary N) is 1. The van der Waals surface area contributed by atoms with Crippen molar-refractivity contribution in [3.63, 3.8) is 0 Å². The summed E-state index contributed by atoms with van der Waals surface area (Å²) in [7, 11) is 0. The Hall–Kier alpha value is -1.42. The Morgan fingerprint density at radius 3 is 3.05 bits per heavy atom. The molecule has 110 valence electrons. The molecule has 2 atom stereocenters. The molecule has 2 fully saturated rings. The van der Waals surface area contributed by atoms with Crippen molar-refractivity contribution in [2.75, 3.05) is 30.7 Å². The molecule has 0 aliphatic carbocycles. The predicted molar refractivity (Wildman–Crippen MR) is 83.3 cm³/mol. The van der Waals surface area contributed by atoms with E-state index in [0.29, 0.717) is 12.1 Å². The van der Waals surface area contributed by atoms with Crippen molar-refractivity contribution in [1.29, 1.82) is 0 Å². The Morgan fingerprint density at radius 2 is 2.20 bits per heavy atom. The SMILES string of the molecule is CCCOc1cc(N)cc(NC2CCN3CCCC23)c1. The number of benzene rings is 1. The summed E-state index contributed by atoms with van der Waals surface area (Å²) in [6, 6.07) is 7.24. The average Bonchev–Trinajstić information content (AvgIpc) is 3.01. The van der Waals surface area contributed by atoms with E-state index >= 15 is 0 Å². The summed E-state index contributed by atoms with van der Waals surface area (Å²) in [6.45, 7) is 5.34. The van der Waals surface area contributed by atoms with Crippen LogP contribution in [0.15, 0.2) is 18.2 Å². The van der Waals surface area contributed by atoms with Crippen molar-refractivity contribution in [2.24, 2.45) is 0 Å². The quantitative estimate of drug-likeness (QED) is 0.811. The first-order chi connectivity index (χ1) is 9.76. The third-order valence-electron chi connectivity index (χ3n) is 4.36. The van der Waals surface area contributed by atoms with Crippen LogP contribution in [0.1, 0.15) is 32.6 Å². The van der Waals surface area contributed by atoms with Crippen LogP contribution >= 0.6 is 0 Å². The zero-order chi connectivity index (χ0) is 13.9. The molecular formula is C16H25N3O. The van der Waals surface area contributed by atoms with E-state index in [4.69, 9.17) is 10.5 Å². The number of rotatable bonds is 5. The van der Waals surface area contributed by atoms with Gasteiger partial charge in [-0.2, -0.15) is 0 Å². The molecule has 2 aliphatic rings. The Morgan fingerprint density at radius 1 is 1.30 bits per heavy atom. The normalized spacial score (nSPS) is 25.6. The average molecular weight is 275 g/mol. The number of nitrogens with one attached hydrogen (secondary N) is 1. The topological polar surface area (TPSA) is 50.5 Å². The Bertz CT molecular complexity index is 463.